The Morgan fingerprint density at radius 2 is 1.74 bits per heavy atom. The highest BCUT2D eigenvalue weighted by Crippen LogP contribution is 2.17. The van der Waals surface area contributed by atoms with Crippen LogP contribution in [0.2, 0.25) is 0 Å². The smallest absolute Gasteiger partial charge is 0.234 e. The minimum Gasteiger partial charge on any atom is -0.361 e. The molecule has 1 aromatic heterocycles. The van der Waals surface area contributed by atoms with Crippen molar-refractivity contribution in [1.82, 2.24) is 10.3 Å². The lowest BCUT2D eigenvalue weighted by Gasteiger charge is -2.06. The molecule has 6 heteroatoms. The highest BCUT2D eigenvalue weighted by molar-refractivity contribution is 8.00. The minimum absolute atomic E-state index is 0.0528. The van der Waals surface area contributed by atoms with E-state index >= 15 is 0 Å². The van der Waals surface area contributed by atoms with E-state index in [1.54, 1.807) is 0 Å². The molecular weight excluding hydrogens is 358 g/mol. The van der Waals surface area contributed by atoms with Crippen LogP contribution in [0.25, 0.3) is 10.9 Å². The highest BCUT2D eigenvalue weighted by Gasteiger charge is 2.07. The van der Waals surface area contributed by atoms with Gasteiger partial charge >= 0.3 is 0 Å². The predicted octanol–water partition coefficient (Wildman–Crippen LogP) is 3.51. The van der Waals surface area contributed by atoms with Crippen LogP contribution in [-0.2, 0) is 16.0 Å². The van der Waals surface area contributed by atoms with Crippen molar-refractivity contribution in [2.24, 2.45) is 0 Å². The van der Waals surface area contributed by atoms with Crippen molar-refractivity contribution in [1.29, 1.82) is 0 Å². The van der Waals surface area contributed by atoms with Crippen LogP contribution in [0.4, 0.5) is 5.69 Å². The molecule has 2 aromatic carbocycles. The summed E-state index contributed by atoms with van der Waals surface area (Å²) in [6, 6.07) is 15.8. The Hall–Kier alpha value is -2.73. The molecule has 5 nitrogen and oxygen atoms in total. The number of hydrogen-bond acceptors (Lipinski definition) is 3. The molecule has 3 aromatic rings. The van der Waals surface area contributed by atoms with Gasteiger partial charge in [0.05, 0.1) is 11.5 Å². The number of carbonyl (C=O) groups is 2. The first-order valence-electron chi connectivity index (χ1n) is 8.88. The van der Waals surface area contributed by atoms with Crippen LogP contribution in [-0.4, -0.2) is 34.8 Å². The number of nitrogens with one attached hydrogen (secondary N) is 3. The predicted molar refractivity (Wildman–Crippen MR) is 112 cm³/mol. The van der Waals surface area contributed by atoms with Crippen LogP contribution >= 0.6 is 11.8 Å². The van der Waals surface area contributed by atoms with E-state index in [-0.39, 0.29) is 23.3 Å². The average Bonchev–Trinajstić information content (AvgIpc) is 3.07. The van der Waals surface area contributed by atoms with E-state index in [4.69, 9.17) is 0 Å². The number of amides is 2. The molecule has 27 heavy (non-hydrogen) atoms. The molecule has 0 fully saturated rings. The molecule has 1 heterocycles. The highest BCUT2D eigenvalue weighted by atomic mass is 32.2. The quantitative estimate of drug-likeness (QED) is 0.559. The third-order valence-corrected chi connectivity index (χ3v) is 5.13. The number of aryl methyl sites for hydroxylation is 1. The van der Waals surface area contributed by atoms with Crippen molar-refractivity contribution >= 4 is 40.2 Å². The Labute approximate surface area is 162 Å². The van der Waals surface area contributed by atoms with Crippen LogP contribution < -0.4 is 10.6 Å². The van der Waals surface area contributed by atoms with Gasteiger partial charge in [0, 0.05) is 29.3 Å². The molecule has 0 aliphatic rings. The number of fused-ring (bicyclic) bond motifs is 1. The van der Waals surface area contributed by atoms with Crippen LogP contribution in [0.15, 0.2) is 54.7 Å². The third kappa shape index (κ3) is 5.62. The third-order valence-electron chi connectivity index (χ3n) is 4.19. The summed E-state index contributed by atoms with van der Waals surface area (Å²) in [5.74, 6) is 0.372. The maximum atomic E-state index is 11.9. The van der Waals surface area contributed by atoms with E-state index in [1.807, 2.05) is 55.6 Å². The van der Waals surface area contributed by atoms with Crippen molar-refractivity contribution in [2.45, 2.75) is 13.3 Å². The van der Waals surface area contributed by atoms with Gasteiger partial charge < -0.3 is 15.6 Å². The summed E-state index contributed by atoms with van der Waals surface area (Å²) in [6.07, 6.45) is 2.76. The molecule has 0 atom stereocenters. The largest absolute Gasteiger partial charge is 0.361 e. The summed E-state index contributed by atoms with van der Waals surface area (Å²) in [7, 11) is 0. The first kappa shape index (κ1) is 19.0. The van der Waals surface area contributed by atoms with Gasteiger partial charge in [-0.05, 0) is 37.1 Å². The molecule has 0 unspecified atom stereocenters. The van der Waals surface area contributed by atoms with Crippen LogP contribution in [0.3, 0.4) is 0 Å². The maximum Gasteiger partial charge on any atom is 0.234 e. The summed E-state index contributed by atoms with van der Waals surface area (Å²) in [5, 5.41) is 6.93. The fourth-order valence-corrected chi connectivity index (χ4v) is 3.44. The Kier molecular flexibility index (Phi) is 6.54. The van der Waals surface area contributed by atoms with Crippen molar-refractivity contribution in [3.63, 3.8) is 0 Å². The zero-order valence-electron chi connectivity index (χ0n) is 15.2. The zero-order chi connectivity index (χ0) is 19.1. The number of para-hydroxylation sites is 1. The molecule has 3 rings (SSSR count). The second-order valence-electron chi connectivity index (χ2n) is 6.37. The molecule has 0 saturated carbocycles. The van der Waals surface area contributed by atoms with Crippen molar-refractivity contribution in [3.05, 3.63) is 65.9 Å². The topological polar surface area (TPSA) is 74.0 Å². The molecule has 3 N–H and O–H groups in total. The van der Waals surface area contributed by atoms with E-state index in [0.29, 0.717) is 6.54 Å². The number of hydrogen-bond donors (Lipinski definition) is 3. The number of anilines is 1. The van der Waals surface area contributed by atoms with E-state index < -0.39 is 0 Å². The molecule has 0 aliphatic carbocycles. The van der Waals surface area contributed by atoms with E-state index in [9.17, 15) is 9.59 Å². The monoisotopic (exact) mass is 381 g/mol. The fraction of sp³-hybridized carbons (Fsp3) is 0.238. The van der Waals surface area contributed by atoms with Crippen molar-refractivity contribution in [3.8, 4) is 0 Å². The van der Waals surface area contributed by atoms with Gasteiger partial charge in [-0.25, -0.2) is 0 Å². The molecule has 0 aliphatic heterocycles. The Bertz CT molecular complexity index is 919. The SMILES string of the molecule is Cc1ccc(NC(=O)CSCC(=O)NCCc2c[nH]c3ccccc23)cc1. The molecule has 0 saturated heterocycles. The molecule has 0 radical (unpaired) electrons. The van der Waals surface area contributed by atoms with Crippen molar-refractivity contribution in [2.75, 3.05) is 23.4 Å². The summed E-state index contributed by atoms with van der Waals surface area (Å²) in [4.78, 5) is 27.1. The van der Waals surface area contributed by atoms with Crippen LogP contribution in [0, 0.1) is 6.92 Å². The number of carbonyl (C=O) groups excluding carboxylic acids is 2. The second-order valence-corrected chi connectivity index (χ2v) is 7.35. The zero-order valence-corrected chi connectivity index (χ0v) is 16.1. The number of thioether (sulfide) groups is 1. The van der Waals surface area contributed by atoms with Gasteiger partial charge in [-0.15, -0.1) is 11.8 Å². The minimum atomic E-state index is -0.101. The van der Waals surface area contributed by atoms with E-state index in [0.717, 1.165) is 23.2 Å². The first-order valence-corrected chi connectivity index (χ1v) is 10.0. The first-order chi connectivity index (χ1) is 13.1. The van der Waals surface area contributed by atoms with E-state index in [1.165, 1.54) is 22.7 Å². The molecule has 140 valence electrons. The van der Waals surface area contributed by atoms with Gasteiger partial charge in [-0.2, -0.15) is 0 Å². The Morgan fingerprint density at radius 3 is 2.56 bits per heavy atom. The van der Waals surface area contributed by atoms with Crippen LogP contribution in [0.5, 0.6) is 0 Å². The number of rotatable bonds is 8. The molecule has 0 bridgehead atoms. The fourth-order valence-electron chi connectivity index (χ4n) is 2.80. The molecule has 2 amide bonds. The average molecular weight is 382 g/mol. The summed E-state index contributed by atoms with van der Waals surface area (Å²) >= 11 is 1.31. The number of H-pyrrole nitrogens is 1. The Morgan fingerprint density at radius 1 is 1.00 bits per heavy atom. The van der Waals surface area contributed by atoms with Gasteiger partial charge in [0.1, 0.15) is 0 Å². The normalized spacial score (nSPS) is 10.7. The standard InChI is InChI=1S/C21H23N3O2S/c1-15-6-8-17(9-7-15)24-21(26)14-27-13-20(25)22-11-10-16-12-23-19-5-3-2-4-18(16)19/h2-9,12,23H,10-11,13-14H2,1H3,(H,22,25)(H,24,26). The van der Waals surface area contributed by atoms with Gasteiger partial charge in [-0.3, -0.25) is 9.59 Å². The number of aromatic nitrogens is 1. The number of aromatic amines is 1. The Balaban J connectivity index is 1.33. The summed E-state index contributed by atoms with van der Waals surface area (Å²) < 4.78 is 0. The lowest BCUT2D eigenvalue weighted by atomic mass is 10.1. The van der Waals surface area contributed by atoms with E-state index in [2.05, 4.69) is 21.7 Å². The van der Waals surface area contributed by atoms with Gasteiger partial charge in [-0.1, -0.05) is 35.9 Å². The lowest BCUT2D eigenvalue weighted by molar-refractivity contribution is -0.118. The van der Waals surface area contributed by atoms with Crippen molar-refractivity contribution < 1.29 is 9.59 Å². The lowest BCUT2D eigenvalue weighted by Crippen LogP contribution is -2.28. The van der Waals surface area contributed by atoms with Gasteiger partial charge in [0.2, 0.25) is 11.8 Å². The summed E-state index contributed by atoms with van der Waals surface area (Å²) in [5.41, 5.74) is 4.21. The second kappa shape index (κ2) is 9.28. The number of benzene rings is 2. The van der Waals surface area contributed by atoms with Crippen LogP contribution in [0.1, 0.15) is 11.1 Å². The maximum absolute atomic E-state index is 11.9. The summed E-state index contributed by atoms with van der Waals surface area (Å²) in [6.45, 7) is 2.58. The van der Waals surface area contributed by atoms with Gasteiger partial charge in [0.15, 0.2) is 0 Å². The van der Waals surface area contributed by atoms with Gasteiger partial charge in [0.25, 0.3) is 0 Å². The molecule has 0 spiro atoms. The molecular formula is C21H23N3O2S.